The minimum atomic E-state index is -1.46. The Morgan fingerprint density at radius 3 is 2.97 bits per heavy atom. The van der Waals surface area contributed by atoms with E-state index in [4.69, 9.17) is 14.2 Å². The molecule has 1 saturated heterocycles. The van der Waals surface area contributed by atoms with Gasteiger partial charge in [-0.3, -0.25) is 9.19 Å². The van der Waals surface area contributed by atoms with Gasteiger partial charge in [-0.1, -0.05) is 0 Å². The molecule has 2 atom stereocenters. The van der Waals surface area contributed by atoms with Gasteiger partial charge in [0.15, 0.2) is 10.9 Å². The highest BCUT2D eigenvalue weighted by Crippen LogP contribution is 2.26. The molecule has 2 unspecified atom stereocenters. The number of imidazole rings is 1. The van der Waals surface area contributed by atoms with Gasteiger partial charge in [-0.2, -0.15) is 0 Å². The summed E-state index contributed by atoms with van der Waals surface area (Å²) < 4.78 is 43.3. The van der Waals surface area contributed by atoms with Crippen LogP contribution in [0.1, 0.15) is 25.1 Å². The maximum absolute atomic E-state index is 13.4. The fourth-order valence-electron chi connectivity index (χ4n) is 3.15. The van der Waals surface area contributed by atoms with Gasteiger partial charge in [0.2, 0.25) is 0 Å². The molecule has 29 heavy (non-hydrogen) atoms. The second kappa shape index (κ2) is 7.81. The Morgan fingerprint density at radius 1 is 1.38 bits per heavy atom. The molecule has 0 bridgehead atoms. The molecular formula is C20H22FN3O4S. The lowest BCUT2D eigenvalue weighted by atomic mass is 10.2. The third kappa shape index (κ3) is 4.47. The van der Waals surface area contributed by atoms with Gasteiger partial charge in [0.25, 0.3) is 0 Å². The van der Waals surface area contributed by atoms with E-state index in [2.05, 4.69) is 15.0 Å². The molecule has 0 amide bonds. The smallest absolute Gasteiger partial charge is 0.197 e. The fourth-order valence-corrected chi connectivity index (χ4v) is 4.25. The Hall–Kier alpha value is -2.36. The van der Waals surface area contributed by atoms with E-state index >= 15 is 0 Å². The molecular weight excluding hydrogens is 397 g/mol. The Bertz CT molecular complexity index is 1070. The molecule has 154 valence electrons. The van der Waals surface area contributed by atoms with E-state index in [0.717, 1.165) is 5.56 Å². The minimum absolute atomic E-state index is 0.147. The minimum Gasteiger partial charge on any atom is -0.490 e. The van der Waals surface area contributed by atoms with E-state index in [-0.39, 0.29) is 22.8 Å². The highest BCUT2D eigenvalue weighted by molar-refractivity contribution is 7.84. The number of rotatable bonds is 6. The van der Waals surface area contributed by atoms with Crippen LogP contribution < -0.4 is 4.74 Å². The molecule has 4 rings (SSSR count). The molecule has 0 saturated carbocycles. The second-order valence-corrected chi connectivity index (χ2v) is 8.70. The van der Waals surface area contributed by atoms with E-state index < -0.39 is 16.6 Å². The molecule has 3 heterocycles. The number of ether oxygens (including phenoxy) is 3. The van der Waals surface area contributed by atoms with Crippen molar-refractivity contribution in [3.05, 3.63) is 47.5 Å². The molecule has 1 fully saturated rings. The molecule has 3 aromatic rings. The van der Waals surface area contributed by atoms with Crippen LogP contribution in [0.15, 0.2) is 35.6 Å². The van der Waals surface area contributed by atoms with Crippen molar-refractivity contribution in [1.29, 1.82) is 0 Å². The van der Waals surface area contributed by atoms with E-state index in [1.165, 1.54) is 12.1 Å². The monoisotopic (exact) mass is 419 g/mol. The SMILES string of the molecule is Cc1c(OCC2COC(C)(C)O2)ccnc1CS(=O)c1nc2ccc(F)cc2[nH]1. The van der Waals surface area contributed by atoms with Crippen LogP contribution in [0.4, 0.5) is 4.39 Å². The Balaban J connectivity index is 1.45. The van der Waals surface area contributed by atoms with Gasteiger partial charge < -0.3 is 19.2 Å². The summed E-state index contributed by atoms with van der Waals surface area (Å²) >= 11 is 0. The summed E-state index contributed by atoms with van der Waals surface area (Å²) in [5.41, 5.74) is 2.53. The number of nitrogens with zero attached hydrogens (tertiary/aromatic N) is 2. The highest BCUT2D eigenvalue weighted by Gasteiger charge is 2.33. The van der Waals surface area contributed by atoms with E-state index in [9.17, 15) is 8.60 Å². The Labute approximate surface area is 170 Å². The predicted octanol–water partition coefficient (Wildman–Crippen LogP) is 3.24. The van der Waals surface area contributed by atoms with Gasteiger partial charge in [-0.15, -0.1) is 0 Å². The molecule has 7 nitrogen and oxygen atoms in total. The number of H-pyrrole nitrogens is 1. The van der Waals surface area contributed by atoms with Crippen molar-refractivity contribution in [2.45, 2.75) is 43.6 Å². The first-order valence-corrected chi connectivity index (χ1v) is 10.6. The second-order valence-electron chi connectivity index (χ2n) is 7.34. The molecule has 1 aromatic carbocycles. The number of nitrogens with one attached hydrogen (secondary N) is 1. The quantitative estimate of drug-likeness (QED) is 0.660. The summed E-state index contributed by atoms with van der Waals surface area (Å²) in [7, 11) is -1.46. The first kappa shape index (κ1) is 19.9. The highest BCUT2D eigenvalue weighted by atomic mass is 32.2. The van der Waals surface area contributed by atoms with Crippen molar-refractivity contribution in [3.63, 3.8) is 0 Å². The number of pyridine rings is 1. The van der Waals surface area contributed by atoms with Crippen LogP contribution in [0.2, 0.25) is 0 Å². The van der Waals surface area contributed by atoms with Crippen LogP contribution in [-0.4, -0.2) is 44.3 Å². The van der Waals surface area contributed by atoms with E-state index in [1.807, 2.05) is 20.8 Å². The zero-order valence-corrected chi connectivity index (χ0v) is 17.2. The van der Waals surface area contributed by atoms with Crippen molar-refractivity contribution in [1.82, 2.24) is 15.0 Å². The summed E-state index contributed by atoms with van der Waals surface area (Å²) in [6, 6.07) is 5.97. The number of halogens is 1. The topological polar surface area (TPSA) is 86.3 Å². The summed E-state index contributed by atoms with van der Waals surface area (Å²) in [6.45, 7) is 6.43. The summed E-state index contributed by atoms with van der Waals surface area (Å²) in [5, 5.41) is 0.289. The lowest BCUT2D eigenvalue weighted by Crippen LogP contribution is -2.25. The Morgan fingerprint density at radius 2 is 2.21 bits per heavy atom. The van der Waals surface area contributed by atoms with Gasteiger partial charge in [-0.05, 0) is 45.0 Å². The number of aromatic amines is 1. The average Bonchev–Trinajstić information content (AvgIpc) is 3.24. The van der Waals surface area contributed by atoms with Crippen LogP contribution in [0.5, 0.6) is 5.75 Å². The van der Waals surface area contributed by atoms with Crippen LogP contribution in [0.3, 0.4) is 0 Å². The fraction of sp³-hybridized carbons (Fsp3) is 0.400. The van der Waals surface area contributed by atoms with E-state index in [0.29, 0.717) is 35.7 Å². The number of benzene rings is 1. The molecule has 1 aliphatic heterocycles. The summed E-state index contributed by atoms with van der Waals surface area (Å²) in [5.74, 6) is -0.145. The number of hydrogen-bond acceptors (Lipinski definition) is 6. The summed E-state index contributed by atoms with van der Waals surface area (Å²) in [4.78, 5) is 11.6. The molecule has 0 spiro atoms. The van der Waals surface area contributed by atoms with Crippen molar-refractivity contribution in [2.24, 2.45) is 0 Å². The maximum Gasteiger partial charge on any atom is 0.197 e. The van der Waals surface area contributed by atoms with Gasteiger partial charge >= 0.3 is 0 Å². The number of aromatic nitrogens is 3. The third-order valence-electron chi connectivity index (χ3n) is 4.66. The van der Waals surface area contributed by atoms with Gasteiger partial charge in [-0.25, -0.2) is 9.37 Å². The van der Waals surface area contributed by atoms with Crippen molar-refractivity contribution in [3.8, 4) is 5.75 Å². The van der Waals surface area contributed by atoms with Crippen molar-refractivity contribution < 1.29 is 22.8 Å². The van der Waals surface area contributed by atoms with Crippen LogP contribution in [0.25, 0.3) is 11.0 Å². The number of hydrogen-bond donors (Lipinski definition) is 1. The molecule has 2 aromatic heterocycles. The molecule has 1 aliphatic rings. The largest absolute Gasteiger partial charge is 0.490 e. The van der Waals surface area contributed by atoms with Gasteiger partial charge in [0.1, 0.15) is 24.3 Å². The van der Waals surface area contributed by atoms with Gasteiger partial charge in [0, 0.05) is 11.8 Å². The van der Waals surface area contributed by atoms with Crippen molar-refractivity contribution in [2.75, 3.05) is 13.2 Å². The van der Waals surface area contributed by atoms with Gasteiger partial charge in [0.05, 0.1) is 39.9 Å². The van der Waals surface area contributed by atoms with Crippen LogP contribution in [-0.2, 0) is 26.0 Å². The molecule has 1 N–H and O–H groups in total. The standard InChI is InChI=1S/C20H22FN3O4S/c1-12-17(11-29(25)19-23-15-5-4-13(21)8-16(15)24-19)22-7-6-18(12)26-9-14-10-27-20(2,3)28-14/h4-8,14H,9-11H2,1-3H3,(H,23,24). The Kier molecular flexibility index (Phi) is 5.37. The normalized spacial score (nSPS) is 19.5. The zero-order valence-electron chi connectivity index (χ0n) is 16.4. The molecule has 9 heteroatoms. The summed E-state index contributed by atoms with van der Waals surface area (Å²) in [6.07, 6.45) is 1.48. The third-order valence-corrected chi connectivity index (χ3v) is 5.82. The zero-order chi connectivity index (χ0) is 20.6. The average molecular weight is 419 g/mol. The maximum atomic E-state index is 13.4. The number of fused-ring (bicyclic) bond motifs is 1. The van der Waals surface area contributed by atoms with E-state index in [1.54, 1.807) is 18.3 Å². The lowest BCUT2D eigenvalue weighted by Gasteiger charge is -2.18. The predicted molar refractivity (Wildman–Crippen MR) is 106 cm³/mol. The molecule has 0 aliphatic carbocycles. The van der Waals surface area contributed by atoms with Crippen LogP contribution in [0, 0.1) is 12.7 Å². The molecule has 0 radical (unpaired) electrons. The lowest BCUT2D eigenvalue weighted by molar-refractivity contribution is -0.141. The van der Waals surface area contributed by atoms with Crippen molar-refractivity contribution >= 4 is 21.8 Å². The first-order valence-electron chi connectivity index (χ1n) is 9.23. The van der Waals surface area contributed by atoms with Crippen LogP contribution >= 0.6 is 0 Å². The first-order chi connectivity index (χ1) is 13.8.